The summed E-state index contributed by atoms with van der Waals surface area (Å²) in [6.07, 6.45) is -5.91. The van der Waals surface area contributed by atoms with Crippen LogP contribution in [0.4, 0.5) is 18.9 Å². The molecule has 1 amide bonds. The van der Waals surface area contributed by atoms with Crippen molar-refractivity contribution in [2.75, 3.05) is 11.1 Å². The van der Waals surface area contributed by atoms with E-state index in [9.17, 15) is 22.8 Å². The Hall–Kier alpha value is -1.96. The highest BCUT2D eigenvalue weighted by Gasteiger charge is 2.40. The fraction of sp³-hybridized carbons (Fsp3) is 0.286. The van der Waals surface area contributed by atoms with Crippen LogP contribution in [0.2, 0.25) is 0 Å². The van der Waals surface area contributed by atoms with Crippen molar-refractivity contribution in [3.8, 4) is 0 Å². The lowest BCUT2D eigenvalue weighted by Crippen LogP contribution is -2.36. The van der Waals surface area contributed by atoms with E-state index < -0.39 is 23.9 Å². The molecule has 1 aromatic rings. The molecule has 1 atom stereocenters. The Kier molecular flexibility index (Phi) is 4.80. The smallest absolute Gasteiger partial charge is 0.449 e. The monoisotopic (exact) mass is 331 g/mol. The van der Waals surface area contributed by atoms with Crippen LogP contribution in [0.15, 0.2) is 35.4 Å². The van der Waals surface area contributed by atoms with Crippen LogP contribution in [0.3, 0.4) is 0 Å². The van der Waals surface area contributed by atoms with Crippen molar-refractivity contribution < 1.29 is 27.5 Å². The second-order valence-electron chi connectivity index (χ2n) is 4.51. The Morgan fingerprint density at radius 3 is 2.64 bits per heavy atom. The number of carbonyl (C=O) groups is 2. The summed E-state index contributed by atoms with van der Waals surface area (Å²) in [5, 5.41) is 3.28. The standard InChI is InChI=1S/C14H12F3NO3S/c1-8(19)9-4-2-3-5-10(9)18-13(20)11-6-22-7-12(21-11)14(15,16)17/h2-5,7,11H,6H2,1H3,(H,18,20). The summed E-state index contributed by atoms with van der Waals surface area (Å²) >= 11 is 0.853. The van der Waals surface area contributed by atoms with Crippen LogP contribution in [0, 0.1) is 0 Å². The molecule has 1 heterocycles. The third kappa shape index (κ3) is 3.82. The summed E-state index contributed by atoms with van der Waals surface area (Å²) < 4.78 is 42.5. The molecule has 0 fully saturated rings. The summed E-state index contributed by atoms with van der Waals surface area (Å²) in [6, 6.07) is 6.27. The summed E-state index contributed by atoms with van der Waals surface area (Å²) in [5.74, 6) is -2.11. The number of halogens is 3. The molecule has 0 saturated carbocycles. The van der Waals surface area contributed by atoms with E-state index in [-0.39, 0.29) is 22.8 Å². The second kappa shape index (κ2) is 6.43. The van der Waals surface area contributed by atoms with Gasteiger partial charge in [-0.25, -0.2) is 0 Å². The van der Waals surface area contributed by atoms with Gasteiger partial charge in [0.05, 0.1) is 5.69 Å². The van der Waals surface area contributed by atoms with Crippen molar-refractivity contribution in [3.05, 3.63) is 41.0 Å². The van der Waals surface area contributed by atoms with Gasteiger partial charge in [-0.3, -0.25) is 9.59 Å². The average molecular weight is 331 g/mol. The minimum absolute atomic E-state index is 0.0631. The molecular weight excluding hydrogens is 319 g/mol. The number of ketones is 1. The maximum atomic E-state index is 12.6. The van der Waals surface area contributed by atoms with Crippen LogP contribution in [-0.4, -0.2) is 29.7 Å². The number of thioether (sulfide) groups is 1. The number of nitrogens with one attached hydrogen (secondary N) is 1. The van der Waals surface area contributed by atoms with Crippen molar-refractivity contribution in [2.24, 2.45) is 0 Å². The average Bonchev–Trinajstić information content (AvgIpc) is 2.47. The first-order valence-electron chi connectivity index (χ1n) is 6.25. The van der Waals surface area contributed by atoms with E-state index in [0.29, 0.717) is 0 Å². The molecule has 0 aromatic heterocycles. The SMILES string of the molecule is CC(=O)c1ccccc1NC(=O)C1CSC=C(C(F)(F)F)O1. The second-order valence-corrected chi connectivity index (χ2v) is 5.41. The highest BCUT2D eigenvalue weighted by molar-refractivity contribution is 8.02. The van der Waals surface area contributed by atoms with Gasteiger partial charge in [-0.2, -0.15) is 13.2 Å². The Labute approximate surface area is 128 Å². The number of hydrogen-bond acceptors (Lipinski definition) is 4. The van der Waals surface area contributed by atoms with Gasteiger partial charge in [0, 0.05) is 16.7 Å². The zero-order chi connectivity index (χ0) is 16.3. The van der Waals surface area contributed by atoms with Crippen molar-refractivity contribution in [3.63, 3.8) is 0 Å². The molecule has 0 radical (unpaired) electrons. The first-order chi connectivity index (χ1) is 10.3. The first-order valence-corrected chi connectivity index (χ1v) is 7.30. The predicted octanol–water partition coefficient (Wildman–Crippen LogP) is 3.36. The van der Waals surface area contributed by atoms with E-state index in [0.717, 1.165) is 17.2 Å². The molecule has 1 aliphatic rings. The van der Waals surface area contributed by atoms with E-state index in [1.165, 1.54) is 19.1 Å². The number of allylic oxidation sites excluding steroid dienone is 1. The molecule has 0 bridgehead atoms. The molecule has 22 heavy (non-hydrogen) atoms. The minimum atomic E-state index is -4.64. The first kappa shape index (κ1) is 16.4. The van der Waals surface area contributed by atoms with Crippen molar-refractivity contribution >= 4 is 29.1 Å². The van der Waals surface area contributed by atoms with Gasteiger partial charge in [0.2, 0.25) is 5.76 Å². The number of anilines is 1. The van der Waals surface area contributed by atoms with E-state index in [1.807, 2.05) is 0 Å². The number of benzene rings is 1. The summed E-state index contributed by atoms with van der Waals surface area (Å²) in [7, 11) is 0. The molecule has 1 unspecified atom stereocenters. The van der Waals surface area contributed by atoms with Gasteiger partial charge in [-0.05, 0) is 19.1 Å². The predicted molar refractivity (Wildman–Crippen MR) is 76.5 cm³/mol. The zero-order valence-corrected chi connectivity index (χ0v) is 12.3. The van der Waals surface area contributed by atoms with Crippen LogP contribution in [0.1, 0.15) is 17.3 Å². The molecule has 4 nitrogen and oxygen atoms in total. The summed E-state index contributed by atoms with van der Waals surface area (Å²) in [6.45, 7) is 1.34. The van der Waals surface area contributed by atoms with Crippen LogP contribution >= 0.6 is 11.8 Å². The molecule has 1 aromatic carbocycles. The third-order valence-corrected chi connectivity index (χ3v) is 3.72. The summed E-state index contributed by atoms with van der Waals surface area (Å²) in [4.78, 5) is 23.5. The lowest BCUT2D eigenvalue weighted by Gasteiger charge is -2.24. The van der Waals surface area contributed by atoms with Crippen molar-refractivity contribution in [2.45, 2.75) is 19.2 Å². The molecule has 1 aliphatic heterocycles. The van der Waals surface area contributed by atoms with Gasteiger partial charge < -0.3 is 10.1 Å². The number of rotatable bonds is 3. The third-order valence-electron chi connectivity index (χ3n) is 2.84. The zero-order valence-electron chi connectivity index (χ0n) is 11.4. The lowest BCUT2D eigenvalue weighted by molar-refractivity contribution is -0.146. The highest BCUT2D eigenvalue weighted by atomic mass is 32.2. The number of alkyl halides is 3. The largest absolute Gasteiger partial charge is 0.474 e. The number of ether oxygens (including phenoxy) is 1. The molecule has 2 rings (SSSR count). The molecular formula is C14H12F3NO3S. The van der Waals surface area contributed by atoms with E-state index in [2.05, 4.69) is 5.32 Å². The van der Waals surface area contributed by atoms with Gasteiger partial charge in [-0.15, -0.1) is 11.8 Å². The quantitative estimate of drug-likeness (QED) is 0.863. The summed E-state index contributed by atoms with van der Waals surface area (Å²) in [5.41, 5.74) is 0.530. The lowest BCUT2D eigenvalue weighted by atomic mass is 10.1. The number of Topliss-reactive ketones (excluding diaryl/α,β-unsaturated/α-hetero) is 1. The van der Waals surface area contributed by atoms with Crippen LogP contribution in [-0.2, 0) is 9.53 Å². The number of hydrogen-bond donors (Lipinski definition) is 1. The fourth-order valence-electron chi connectivity index (χ4n) is 1.80. The highest BCUT2D eigenvalue weighted by Crippen LogP contribution is 2.33. The van der Waals surface area contributed by atoms with Crippen LogP contribution < -0.4 is 5.32 Å². The van der Waals surface area contributed by atoms with Gasteiger partial charge in [0.1, 0.15) is 0 Å². The van der Waals surface area contributed by atoms with Gasteiger partial charge in [-0.1, -0.05) is 12.1 Å². The maximum absolute atomic E-state index is 12.6. The van der Waals surface area contributed by atoms with Crippen molar-refractivity contribution in [1.82, 2.24) is 0 Å². The Morgan fingerprint density at radius 2 is 2.00 bits per heavy atom. The fourth-order valence-corrected chi connectivity index (χ4v) is 2.63. The Balaban J connectivity index is 2.11. The van der Waals surface area contributed by atoms with Crippen LogP contribution in [0.25, 0.3) is 0 Å². The van der Waals surface area contributed by atoms with Gasteiger partial charge in [0.25, 0.3) is 5.91 Å². The maximum Gasteiger partial charge on any atom is 0.449 e. The van der Waals surface area contributed by atoms with Crippen molar-refractivity contribution in [1.29, 1.82) is 0 Å². The molecule has 1 N–H and O–H groups in total. The number of para-hydroxylation sites is 1. The molecule has 0 aliphatic carbocycles. The normalized spacial score (nSPS) is 18.2. The topological polar surface area (TPSA) is 55.4 Å². The van der Waals surface area contributed by atoms with Gasteiger partial charge >= 0.3 is 6.18 Å². The van der Waals surface area contributed by atoms with Gasteiger partial charge in [0.15, 0.2) is 11.9 Å². The Morgan fingerprint density at radius 1 is 1.32 bits per heavy atom. The van der Waals surface area contributed by atoms with E-state index in [1.54, 1.807) is 12.1 Å². The molecule has 0 spiro atoms. The minimum Gasteiger partial charge on any atom is -0.474 e. The molecule has 0 saturated heterocycles. The number of amides is 1. The van der Waals surface area contributed by atoms with E-state index >= 15 is 0 Å². The molecule has 8 heteroatoms. The number of carbonyl (C=O) groups excluding carboxylic acids is 2. The molecule has 118 valence electrons. The Bertz CT molecular complexity index is 628. The van der Waals surface area contributed by atoms with Crippen LogP contribution in [0.5, 0.6) is 0 Å². The van der Waals surface area contributed by atoms with E-state index in [4.69, 9.17) is 4.74 Å².